The van der Waals surface area contributed by atoms with Gasteiger partial charge < -0.3 is 10.4 Å². The summed E-state index contributed by atoms with van der Waals surface area (Å²) in [5.74, 6) is 0. The Morgan fingerprint density at radius 2 is 1.89 bits per heavy atom. The second-order valence-corrected chi connectivity index (χ2v) is 5.24. The number of aryl methyl sites for hydroxylation is 1. The molecule has 2 aromatic rings. The van der Waals surface area contributed by atoms with Crippen LogP contribution in [0.3, 0.4) is 0 Å². The fourth-order valence-corrected chi connectivity index (χ4v) is 2.21. The van der Waals surface area contributed by atoms with E-state index in [9.17, 15) is 5.11 Å². The van der Waals surface area contributed by atoms with Gasteiger partial charge in [-0.15, -0.1) is 0 Å². The maximum absolute atomic E-state index is 9.53. The highest BCUT2D eigenvalue weighted by atomic mass is 35.5. The van der Waals surface area contributed by atoms with Crippen molar-refractivity contribution in [2.45, 2.75) is 13.0 Å². The third-order valence-electron chi connectivity index (χ3n) is 2.89. The topological polar surface area (TPSA) is 32.3 Å². The normalized spacial score (nSPS) is 12.2. The first-order valence-electron chi connectivity index (χ1n) is 5.99. The lowest BCUT2D eigenvalue weighted by Gasteiger charge is -2.19. The van der Waals surface area contributed by atoms with Gasteiger partial charge in [0.2, 0.25) is 0 Å². The minimum absolute atomic E-state index is 0.0219. The predicted molar refractivity (Wildman–Crippen MR) is 81.1 cm³/mol. The van der Waals surface area contributed by atoms with E-state index in [1.54, 1.807) is 12.1 Å². The van der Waals surface area contributed by atoms with Gasteiger partial charge in [-0.2, -0.15) is 0 Å². The van der Waals surface area contributed by atoms with Crippen molar-refractivity contribution in [1.29, 1.82) is 0 Å². The molecule has 0 bridgehead atoms. The van der Waals surface area contributed by atoms with Crippen molar-refractivity contribution >= 4 is 28.9 Å². The van der Waals surface area contributed by atoms with Gasteiger partial charge in [0, 0.05) is 5.69 Å². The van der Waals surface area contributed by atoms with Gasteiger partial charge in [0.1, 0.15) is 0 Å². The third kappa shape index (κ3) is 3.63. The van der Waals surface area contributed by atoms with Crippen LogP contribution < -0.4 is 5.32 Å². The average molecular weight is 296 g/mol. The van der Waals surface area contributed by atoms with Gasteiger partial charge >= 0.3 is 0 Å². The number of hydrogen-bond acceptors (Lipinski definition) is 2. The van der Waals surface area contributed by atoms with E-state index in [-0.39, 0.29) is 12.6 Å². The molecule has 2 aromatic carbocycles. The molecular weight excluding hydrogens is 281 g/mol. The molecule has 100 valence electrons. The molecule has 0 saturated carbocycles. The van der Waals surface area contributed by atoms with Gasteiger partial charge in [-0.3, -0.25) is 0 Å². The second kappa shape index (κ2) is 6.29. The molecule has 2 rings (SSSR count). The molecule has 0 radical (unpaired) electrons. The average Bonchev–Trinajstić information content (AvgIpc) is 2.39. The molecule has 0 aromatic heterocycles. The molecule has 0 heterocycles. The summed E-state index contributed by atoms with van der Waals surface area (Å²) in [4.78, 5) is 0. The molecular formula is C15H15Cl2NO. The third-order valence-corrected chi connectivity index (χ3v) is 3.63. The van der Waals surface area contributed by atoms with Crippen molar-refractivity contribution in [3.05, 3.63) is 63.6 Å². The fourth-order valence-electron chi connectivity index (χ4n) is 1.90. The largest absolute Gasteiger partial charge is 0.394 e. The highest BCUT2D eigenvalue weighted by Crippen LogP contribution is 2.27. The SMILES string of the molecule is Cc1cccc(NC(CO)c2ccc(Cl)c(Cl)c2)c1. The molecule has 0 aliphatic heterocycles. The summed E-state index contributed by atoms with van der Waals surface area (Å²) in [6.45, 7) is 2.00. The molecule has 0 fully saturated rings. The highest BCUT2D eigenvalue weighted by molar-refractivity contribution is 6.42. The summed E-state index contributed by atoms with van der Waals surface area (Å²) in [5.41, 5.74) is 3.03. The number of rotatable bonds is 4. The molecule has 19 heavy (non-hydrogen) atoms. The van der Waals surface area contributed by atoms with Crippen LogP contribution in [0.25, 0.3) is 0 Å². The Balaban J connectivity index is 2.22. The smallest absolute Gasteiger partial charge is 0.0745 e. The van der Waals surface area contributed by atoms with Crippen LogP contribution in [0.15, 0.2) is 42.5 Å². The van der Waals surface area contributed by atoms with Crippen molar-refractivity contribution in [3.63, 3.8) is 0 Å². The standard InChI is InChI=1S/C15H15Cl2NO/c1-10-3-2-4-12(7-10)18-15(9-19)11-5-6-13(16)14(17)8-11/h2-8,15,18-19H,9H2,1H3. The molecule has 2 N–H and O–H groups in total. The van der Waals surface area contributed by atoms with Gasteiger partial charge in [-0.1, -0.05) is 41.4 Å². The fraction of sp³-hybridized carbons (Fsp3) is 0.200. The molecule has 4 heteroatoms. The van der Waals surface area contributed by atoms with Crippen LogP contribution >= 0.6 is 23.2 Å². The van der Waals surface area contributed by atoms with Gasteiger partial charge in [0.05, 0.1) is 22.7 Å². The van der Waals surface area contributed by atoms with Gasteiger partial charge in [0.15, 0.2) is 0 Å². The Hall–Kier alpha value is -1.22. The van der Waals surface area contributed by atoms with Crippen LogP contribution in [0.1, 0.15) is 17.2 Å². The van der Waals surface area contributed by atoms with Crippen molar-refractivity contribution in [1.82, 2.24) is 0 Å². The maximum Gasteiger partial charge on any atom is 0.0745 e. The molecule has 0 spiro atoms. The van der Waals surface area contributed by atoms with E-state index in [4.69, 9.17) is 23.2 Å². The number of aliphatic hydroxyl groups excluding tert-OH is 1. The van der Waals surface area contributed by atoms with Gasteiger partial charge in [-0.05, 0) is 42.3 Å². The van der Waals surface area contributed by atoms with Crippen LogP contribution in [-0.2, 0) is 0 Å². The van der Waals surface area contributed by atoms with Gasteiger partial charge in [0.25, 0.3) is 0 Å². The first-order valence-corrected chi connectivity index (χ1v) is 6.75. The summed E-state index contributed by atoms with van der Waals surface area (Å²) in [6, 6.07) is 13.1. The number of halogens is 2. The molecule has 0 amide bonds. The molecule has 2 nitrogen and oxygen atoms in total. The second-order valence-electron chi connectivity index (χ2n) is 4.42. The molecule has 1 unspecified atom stereocenters. The van der Waals surface area contributed by atoms with Crippen LogP contribution in [0.5, 0.6) is 0 Å². The van der Waals surface area contributed by atoms with E-state index in [1.807, 2.05) is 37.3 Å². The Kier molecular flexibility index (Phi) is 4.70. The Bertz CT molecular complexity index is 572. The number of aliphatic hydroxyl groups is 1. The van der Waals surface area contributed by atoms with Crippen LogP contribution in [0.2, 0.25) is 10.0 Å². The monoisotopic (exact) mass is 295 g/mol. The maximum atomic E-state index is 9.53. The number of benzene rings is 2. The Labute approximate surface area is 123 Å². The van der Waals surface area contributed by atoms with E-state index in [2.05, 4.69) is 5.32 Å². The first-order chi connectivity index (χ1) is 9.10. The molecule has 0 saturated heterocycles. The summed E-state index contributed by atoms with van der Waals surface area (Å²) < 4.78 is 0. The van der Waals surface area contributed by atoms with E-state index >= 15 is 0 Å². The summed E-state index contributed by atoms with van der Waals surface area (Å²) in [6.07, 6.45) is 0. The summed E-state index contributed by atoms with van der Waals surface area (Å²) in [7, 11) is 0. The lowest BCUT2D eigenvalue weighted by molar-refractivity contribution is 0.276. The van der Waals surface area contributed by atoms with Crippen molar-refractivity contribution in [3.8, 4) is 0 Å². The molecule has 0 aliphatic carbocycles. The van der Waals surface area contributed by atoms with Crippen LogP contribution in [0, 0.1) is 6.92 Å². The summed E-state index contributed by atoms with van der Waals surface area (Å²) in [5, 5.41) is 13.8. The van der Waals surface area contributed by atoms with E-state index in [0.29, 0.717) is 10.0 Å². The Morgan fingerprint density at radius 3 is 2.53 bits per heavy atom. The number of anilines is 1. The minimum Gasteiger partial charge on any atom is -0.394 e. The number of nitrogens with one attached hydrogen (secondary N) is 1. The molecule has 1 atom stereocenters. The first kappa shape index (κ1) is 14.2. The van der Waals surface area contributed by atoms with Gasteiger partial charge in [-0.25, -0.2) is 0 Å². The van der Waals surface area contributed by atoms with Crippen molar-refractivity contribution < 1.29 is 5.11 Å². The van der Waals surface area contributed by atoms with Crippen molar-refractivity contribution in [2.75, 3.05) is 11.9 Å². The van der Waals surface area contributed by atoms with E-state index in [1.165, 1.54) is 0 Å². The quantitative estimate of drug-likeness (QED) is 0.873. The predicted octanol–water partition coefficient (Wildman–Crippen LogP) is 4.45. The van der Waals surface area contributed by atoms with Crippen molar-refractivity contribution in [2.24, 2.45) is 0 Å². The highest BCUT2D eigenvalue weighted by Gasteiger charge is 2.11. The number of hydrogen-bond donors (Lipinski definition) is 2. The lowest BCUT2D eigenvalue weighted by atomic mass is 10.1. The minimum atomic E-state index is -0.212. The summed E-state index contributed by atoms with van der Waals surface area (Å²) >= 11 is 11.9. The van der Waals surface area contributed by atoms with E-state index < -0.39 is 0 Å². The van der Waals surface area contributed by atoms with Crippen LogP contribution in [-0.4, -0.2) is 11.7 Å². The van der Waals surface area contributed by atoms with Crippen LogP contribution in [0.4, 0.5) is 5.69 Å². The zero-order valence-electron chi connectivity index (χ0n) is 10.5. The zero-order valence-corrected chi connectivity index (χ0v) is 12.0. The molecule has 0 aliphatic rings. The Morgan fingerprint density at radius 1 is 1.11 bits per heavy atom. The zero-order chi connectivity index (χ0) is 13.8. The van der Waals surface area contributed by atoms with E-state index in [0.717, 1.165) is 16.8 Å². The lowest BCUT2D eigenvalue weighted by Crippen LogP contribution is -2.14.